The van der Waals surface area contributed by atoms with Gasteiger partial charge in [-0.3, -0.25) is 9.55 Å². The summed E-state index contributed by atoms with van der Waals surface area (Å²) in [4.78, 5) is 9.97. The molecule has 4 aromatic carbocycles. The van der Waals surface area contributed by atoms with Crippen LogP contribution in [0.25, 0.3) is 61.2 Å². The van der Waals surface area contributed by atoms with Crippen molar-refractivity contribution in [1.29, 1.82) is 0 Å². The van der Waals surface area contributed by atoms with Crippen LogP contribution in [-0.4, -0.2) is 14.5 Å². The predicted octanol–water partition coefficient (Wildman–Crippen LogP) is 10.5. The zero-order chi connectivity index (χ0) is 29.1. The highest BCUT2D eigenvalue weighted by Gasteiger charge is 2.25. The molecule has 0 N–H and O–H groups in total. The van der Waals surface area contributed by atoms with E-state index in [4.69, 9.17) is 9.40 Å². The van der Waals surface area contributed by atoms with Gasteiger partial charge in [-0.25, -0.2) is 4.98 Å². The molecule has 0 radical (unpaired) electrons. The summed E-state index contributed by atoms with van der Waals surface area (Å²) in [6, 6.07) is 32.4. The standard InChI is InChI=1S/C38H35N3O/c1-22(2)30-20-27(26-13-8-7-9-14-26)21-31(23(3)4)35(30)41-34-18-11-10-17-33(34)40-38(41)29-16-12-15-28-32-19-24(5)39-25(6)36(32)42-37(28)29/h7-23H,1-6H3. The first-order valence-electron chi connectivity index (χ1n) is 14.8. The Morgan fingerprint density at radius 1 is 0.643 bits per heavy atom. The van der Waals surface area contributed by atoms with Crippen LogP contribution in [-0.2, 0) is 0 Å². The summed E-state index contributed by atoms with van der Waals surface area (Å²) in [5.74, 6) is 1.49. The van der Waals surface area contributed by atoms with Gasteiger partial charge in [-0.1, -0.05) is 82.3 Å². The van der Waals surface area contributed by atoms with E-state index in [1.54, 1.807) is 0 Å². The lowest BCUT2D eigenvalue weighted by molar-refractivity contribution is 0.662. The fourth-order valence-corrected chi connectivity index (χ4v) is 6.33. The van der Waals surface area contributed by atoms with Crippen LogP contribution < -0.4 is 0 Å². The van der Waals surface area contributed by atoms with Crippen molar-refractivity contribution in [1.82, 2.24) is 14.5 Å². The summed E-state index contributed by atoms with van der Waals surface area (Å²) < 4.78 is 9.01. The number of hydrogen-bond donors (Lipinski definition) is 0. The Labute approximate surface area is 246 Å². The number of benzene rings is 4. The van der Waals surface area contributed by atoms with Gasteiger partial charge in [0.15, 0.2) is 5.58 Å². The Hall–Kier alpha value is -4.70. The molecule has 0 amide bonds. The van der Waals surface area contributed by atoms with Gasteiger partial charge in [0.25, 0.3) is 0 Å². The number of aryl methyl sites for hydroxylation is 2. The van der Waals surface area contributed by atoms with Crippen molar-refractivity contribution in [3.8, 4) is 28.2 Å². The van der Waals surface area contributed by atoms with Crippen molar-refractivity contribution in [2.24, 2.45) is 0 Å². The summed E-state index contributed by atoms with van der Waals surface area (Å²) in [7, 11) is 0. The number of furan rings is 1. The van der Waals surface area contributed by atoms with Crippen LogP contribution in [0.1, 0.15) is 62.0 Å². The van der Waals surface area contributed by atoms with Gasteiger partial charge in [0.05, 0.1) is 28.0 Å². The predicted molar refractivity (Wildman–Crippen MR) is 175 cm³/mol. The molecule has 0 aliphatic rings. The summed E-state index contributed by atoms with van der Waals surface area (Å²) in [6.07, 6.45) is 0. The smallest absolute Gasteiger partial charge is 0.156 e. The van der Waals surface area contributed by atoms with Crippen molar-refractivity contribution >= 4 is 33.0 Å². The number of pyridine rings is 1. The van der Waals surface area contributed by atoms with Crippen LogP contribution in [0.5, 0.6) is 0 Å². The Morgan fingerprint density at radius 2 is 1.33 bits per heavy atom. The van der Waals surface area contributed by atoms with Crippen LogP contribution in [0, 0.1) is 13.8 Å². The van der Waals surface area contributed by atoms with Crippen LogP contribution in [0.15, 0.2) is 95.4 Å². The fraction of sp³-hybridized carbons (Fsp3) is 0.211. The summed E-state index contributed by atoms with van der Waals surface area (Å²) in [5, 5.41) is 2.18. The van der Waals surface area contributed by atoms with E-state index in [0.29, 0.717) is 11.8 Å². The van der Waals surface area contributed by atoms with E-state index < -0.39 is 0 Å². The van der Waals surface area contributed by atoms with Gasteiger partial charge in [-0.05, 0) is 84.3 Å². The Morgan fingerprint density at radius 3 is 2.05 bits per heavy atom. The van der Waals surface area contributed by atoms with Gasteiger partial charge in [0, 0.05) is 16.5 Å². The number of fused-ring (bicyclic) bond motifs is 4. The lowest BCUT2D eigenvalue weighted by atomic mass is 9.88. The van der Waals surface area contributed by atoms with E-state index in [0.717, 1.165) is 55.7 Å². The van der Waals surface area contributed by atoms with Gasteiger partial charge < -0.3 is 4.42 Å². The largest absolute Gasteiger partial charge is 0.453 e. The molecular weight excluding hydrogens is 514 g/mol. The normalized spacial score (nSPS) is 12.0. The molecule has 4 nitrogen and oxygen atoms in total. The molecule has 42 heavy (non-hydrogen) atoms. The number of hydrogen-bond acceptors (Lipinski definition) is 3. The number of rotatable bonds is 5. The quantitative estimate of drug-likeness (QED) is 0.214. The SMILES string of the molecule is Cc1cc2c(oc3c(-c4nc5ccccc5n4-c4c(C(C)C)cc(-c5ccccc5)cc4C(C)C)cccc32)c(C)n1. The molecule has 0 saturated heterocycles. The molecule has 7 rings (SSSR count). The van der Waals surface area contributed by atoms with Crippen LogP contribution in [0.3, 0.4) is 0 Å². The molecule has 3 aromatic heterocycles. The molecular formula is C38H35N3O. The zero-order valence-corrected chi connectivity index (χ0v) is 25.1. The lowest BCUT2D eigenvalue weighted by Crippen LogP contribution is -2.09. The topological polar surface area (TPSA) is 43.9 Å². The first kappa shape index (κ1) is 26.2. The van der Waals surface area contributed by atoms with Crippen molar-refractivity contribution in [2.45, 2.75) is 53.4 Å². The number of imidazole rings is 1. The van der Waals surface area contributed by atoms with Crippen LogP contribution in [0.4, 0.5) is 0 Å². The highest BCUT2D eigenvalue weighted by Crippen LogP contribution is 2.42. The molecule has 4 heteroatoms. The minimum atomic E-state index is 0.300. The van der Waals surface area contributed by atoms with E-state index >= 15 is 0 Å². The maximum Gasteiger partial charge on any atom is 0.156 e. The molecule has 208 valence electrons. The summed E-state index contributed by atoms with van der Waals surface area (Å²) in [6.45, 7) is 13.2. The van der Waals surface area contributed by atoms with Crippen molar-refractivity contribution in [3.63, 3.8) is 0 Å². The fourth-order valence-electron chi connectivity index (χ4n) is 6.33. The zero-order valence-electron chi connectivity index (χ0n) is 25.1. The third-order valence-electron chi connectivity index (χ3n) is 8.33. The molecule has 0 saturated carbocycles. The molecule has 0 aliphatic heterocycles. The molecule has 0 atom stereocenters. The average Bonchev–Trinajstić information content (AvgIpc) is 3.56. The highest BCUT2D eigenvalue weighted by molar-refractivity contribution is 6.10. The minimum absolute atomic E-state index is 0.300. The molecule has 0 aliphatic carbocycles. The van der Waals surface area contributed by atoms with Gasteiger partial charge in [0.1, 0.15) is 11.4 Å². The molecule has 3 heterocycles. The number of aromatic nitrogens is 3. The number of nitrogens with zero attached hydrogens (tertiary/aromatic N) is 3. The number of para-hydroxylation sites is 3. The van der Waals surface area contributed by atoms with E-state index in [1.165, 1.54) is 27.9 Å². The molecule has 0 spiro atoms. The first-order chi connectivity index (χ1) is 20.3. The van der Waals surface area contributed by atoms with Crippen molar-refractivity contribution in [2.75, 3.05) is 0 Å². The second-order valence-electron chi connectivity index (χ2n) is 11.9. The van der Waals surface area contributed by atoms with E-state index in [9.17, 15) is 0 Å². The molecule has 0 fully saturated rings. The maximum absolute atomic E-state index is 6.63. The van der Waals surface area contributed by atoms with E-state index in [-0.39, 0.29) is 0 Å². The van der Waals surface area contributed by atoms with Crippen LogP contribution >= 0.6 is 0 Å². The summed E-state index contributed by atoms with van der Waals surface area (Å²) >= 11 is 0. The van der Waals surface area contributed by atoms with Gasteiger partial charge >= 0.3 is 0 Å². The molecule has 0 bridgehead atoms. The Bertz CT molecular complexity index is 2080. The second-order valence-corrected chi connectivity index (χ2v) is 11.9. The van der Waals surface area contributed by atoms with Crippen molar-refractivity contribution in [3.05, 3.63) is 114 Å². The monoisotopic (exact) mass is 549 g/mol. The first-order valence-corrected chi connectivity index (χ1v) is 14.8. The Balaban J connectivity index is 1.60. The second kappa shape index (κ2) is 9.99. The third-order valence-corrected chi connectivity index (χ3v) is 8.33. The van der Waals surface area contributed by atoms with Crippen LogP contribution in [0.2, 0.25) is 0 Å². The Kier molecular flexibility index (Phi) is 6.23. The molecule has 7 aromatic rings. The van der Waals surface area contributed by atoms with Gasteiger partial charge in [-0.2, -0.15) is 0 Å². The van der Waals surface area contributed by atoms with Crippen molar-refractivity contribution < 1.29 is 4.42 Å². The highest BCUT2D eigenvalue weighted by atomic mass is 16.3. The van der Waals surface area contributed by atoms with Gasteiger partial charge in [-0.15, -0.1) is 0 Å². The maximum atomic E-state index is 6.63. The summed E-state index contributed by atoms with van der Waals surface area (Å²) in [5.41, 5.74) is 12.9. The minimum Gasteiger partial charge on any atom is -0.453 e. The third kappa shape index (κ3) is 4.13. The van der Waals surface area contributed by atoms with Gasteiger partial charge in [0.2, 0.25) is 0 Å². The molecule has 0 unspecified atom stereocenters. The average molecular weight is 550 g/mol. The lowest BCUT2D eigenvalue weighted by Gasteiger charge is -2.24. The van der Waals surface area contributed by atoms with E-state index in [2.05, 4.69) is 128 Å². The van der Waals surface area contributed by atoms with E-state index in [1.807, 2.05) is 13.8 Å².